The molecular weight excluding hydrogens is 296 g/mol. The van der Waals surface area contributed by atoms with E-state index >= 15 is 0 Å². The van der Waals surface area contributed by atoms with Crippen LogP contribution in [0.25, 0.3) is 0 Å². The van der Waals surface area contributed by atoms with Crippen LogP contribution in [0.15, 0.2) is 18.2 Å². The zero-order valence-corrected chi connectivity index (χ0v) is 14.4. The molecule has 0 unspecified atom stereocenters. The Hall–Kier alpha value is -1.59. The van der Waals surface area contributed by atoms with Crippen molar-refractivity contribution in [2.45, 2.75) is 39.4 Å². The molecule has 1 fully saturated rings. The van der Waals surface area contributed by atoms with Crippen LogP contribution in [0.2, 0.25) is 0 Å². The Bertz CT molecular complexity index is 528. The van der Waals surface area contributed by atoms with E-state index in [0.29, 0.717) is 36.7 Å². The van der Waals surface area contributed by atoms with E-state index in [1.165, 1.54) is 0 Å². The molecule has 0 aliphatic carbocycles. The molecule has 1 aromatic carbocycles. The zero-order valence-electron chi connectivity index (χ0n) is 14.4. The molecule has 1 saturated heterocycles. The van der Waals surface area contributed by atoms with Crippen molar-refractivity contribution in [1.82, 2.24) is 0 Å². The van der Waals surface area contributed by atoms with E-state index in [1.54, 1.807) is 32.4 Å². The van der Waals surface area contributed by atoms with Gasteiger partial charge in [0, 0.05) is 17.4 Å². The van der Waals surface area contributed by atoms with Crippen LogP contribution in [0.1, 0.15) is 43.5 Å². The number of Topliss-reactive ketones (excluding diaryl/α,β-unsaturated/α-hetero) is 1. The fraction of sp³-hybridized carbons (Fsp3) is 0.611. The lowest BCUT2D eigenvalue weighted by atomic mass is 9.95. The van der Waals surface area contributed by atoms with Gasteiger partial charge >= 0.3 is 0 Å². The van der Waals surface area contributed by atoms with Crippen molar-refractivity contribution < 1.29 is 23.7 Å². The minimum atomic E-state index is -0.193. The van der Waals surface area contributed by atoms with Crippen LogP contribution in [0.5, 0.6) is 11.5 Å². The topological polar surface area (TPSA) is 54.0 Å². The van der Waals surface area contributed by atoms with Gasteiger partial charge in [-0.05, 0) is 31.0 Å². The smallest absolute Gasteiger partial charge is 0.163 e. The Morgan fingerprint density at radius 2 is 1.83 bits per heavy atom. The third-order valence-corrected chi connectivity index (χ3v) is 3.87. The van der Waals surface area contributed by atoms with E-state index < -0.39 is 0 Å². The highest BCUT2D eigenvalue weighted by Crippen LogP contribution is 2.29. The molecule has 23 heavy (non-hydrogen) atoms. The van der Waals surface area contributed by atoms with Crippen molar-refractivity contribution in [1.29, 1.82) is 0 Å². The number of hydrogen-bond acceptors (Lipinski definition) is 5. The molecule has 1 heterocycles. The summed E-state index contributed by atoms with van der Waals surface area (Å²) in [6.45, 7) is 5.62. The highest BCUT2D eigenvalue weighted by molar-refractivity contribution is 5.96. The fourth-order valence-corrected chi connectivity index (χ4v) is 2.48. The van der Waals surface area contributed by atoms with Crippen LogP contribution in [0, 0.1) is 5.41 Å². The normalized spacial score (nSPS) is 17.7. The third kappa shape index (κ3) is 4.94. The van der Waals surface area contributed by atoms with Gasteiger partial charge in [-0.25, -0.2) is 0 Å². The number of carbonyl (C=O) groups excluding carboxylic acids is 1. The first kappa shape index (κ1) is 17.8. The molecule has 0 spiro atoms. The second-order valence-electron chi connectivity index (χ2n) is 6.60. The average Bonchev–Trinajstić information content (AvgIpc) is 2.55. The molecule has 0 atom stereocenters. The predicted octanol–water partition coefficient (Wildman–Crippen LogP) is 3.46. The third-order valence-electron chi connectivity index (χ3n) is 3.87. The van der Waals surface area contributed by atoms with Crippen LogP contribution in [0.4, 0.5) is 0 Å². The molecule has 1 aliphatic heterocycles. The second-order valence-corrected chi connectivity index (χ2v) is 6.60. The Balaban J connectivity index is 1.81. The fourth-order valence-electron chi connectivity index (χ4n) is 2.48. The lowest BCUT2D eigenvalue weighted by Gasteiger charge is -2.34. The average molecular weight is 322 g/mol. The maximum Gasteiger partial charge on any atom is 0.163 e. The summed E-state index contributed by atoms with van der Waals surface area (Å²) in [6.07, 6.45) is 1.73. The van der Waals surface area contributed by atoms with Gasteiger partial charge in [-0.3, -0.25) is 4.79 Å². The summed E-state index contributed by atoms with van der Waals surface area (Å²) in [4.78, 5) is 12.3. The van der Waals surface area contributed by atoms with E-state index in [1.807, 2.05) is 0 Å². The molecule has 1 aliphatic rings. The molecule has 5 heteroatoms. The minimum absolute atomic E-state index is 0.0754. The standard InChI is InChI=1S/C18H26O5/c1-18(2)11-22-17(23-12-18)7-5-6-14(19)13-8-9-15(20-3)16(10-13)21-4/h8-10,17H,5-7,11-12H2,1-4H3. The van der Waals surface area contributed by atoms with Crippen LogP contribution >= 0.6 is 0 Å². The van der Waals surface area contributed by atoms with E-state index in [9.17, 15) is 4.79 Å². The summed E-state index contributed by atoms with van der Waals surface area (Å²) in [6, 6.07) is 5.23. The van der Waals surface area contributed by atoms with Crippen LogP contribution in [-0.2, 0) is 9.47 Å². The van der Waals surface area contributed by atoms with Crippen molar-refractivity contribution in [2.75, 3.05) is 27.4 Å². The number of carbonyl (C=O) groups is 1. The Morgan fingerprint density at radius 1 is 1.17 bits per heavy atom. The van der Waals surface area contributed by atoms with Gasteiger partial charge in [-0.15, -0.1) is 0 Å². The molecule has 128 valence electrons. The molecule has 2 rings (SSSR count). The molecular formula is C18H26O5. The largest absolute Gasteiger partial charge is 0.493 e. The molecule has 5 nitrogen and oxygen atoms in total. The van der Waals surface area contributed by atoms with Gasteiger partial charge in [0.15, 0.2) is 23.6 Å². The van der Waals surface area contributed by atoms with Crippen LogP contribution < -0.4 is 9.47 Å². The number of methoxy groups -OCH3 is 2. The van der Waals surface area contributed by atoms with Crippen molar-refractivity contribution in [3.8, 4) is 11.5 Å². The molecule has 0 saturated carbocycles. The van der Waals surface area contributed by atoms with Gasteiger partial charge < -0.3 is 18.9 Å². The highest BCUT2D eigenvalue weighted by atomic mass is 16.7. The zero-order chi connectivity index (χ0) is 16.9. The second kappa shape index (κ2) is 7.79. The number of hydrogen-bond donors (Lipinski definition) is 0. The molecule has 0 bridgehead atoms. The lowest BCUT2D eigenvalue weighted by molar-refractivity contribution is -0.223. The van der Waals surface area contributed by atoms with Gasteiger partial charge in [0.2, 0.25) is 0 Å². The number of rotatable bonds is 7. The Kier molecular flexibility index (Phi) is 6.02. The van der Waals surface area contributed by atoms with Gasteiger partial charge in [0.25, 0.3) is 0 Å². The maximum atomic E-state index is 12.3. The summed E-state index contributed by atoms with van der Waals surface area (Å²) >= 11 is 0. The van der Waals surface area contributed by atoms with Gasteiger partial charge in [-0.2, -0.15) is 0 Å². The summed E-state index contributed by atoms with van der Waals surface area (Å²) < 4.78 is 21.8. The summed E-state index contributed by atoms with van der Waals surface area (Å²) in [5.41, 5.74) is 0.709. The Morgan fingerprint density at radius 3 is 2.43 bits per heavy atom. The maximum absolute atomic E-state index is 12.3. The molecule has 0 radical (unpaired) electrons. The first-order valence-corrected chi connectivity index (χ1v) is 7.93. The SMILES string of the molecule is COc1ccc(C(=O)CCCC2OCC(C)(C)CO2)cc1OC. The molecule has 0 N–H and O–H groups in total. The summed E-state index contributed by atoms with van der Waals surface area (Å²) in [5.74, 6) is 1.28. The quantitative estimate of drug-likeness (QED) is 0.720. The highest BCUT2D eigenvalue weighted by Gasteiger charge is 2.28. The summed E-state index contributed by atoms with van der Waals surface area (Å²) in [7, 11) is 3.14. The molecule has 0 amide bonds. The van der Waals surface area contributed by atoms with Crippen molar-refractivity contribution in [2.24, 2.45) is 5.41 Å². The van der Waals surface area contributed by atoms with E-state index in [2.05, 4.69) is 13.8 Å². The number of benzene rings is 1. The summed E-state index contributed by atoms with van der Waals surface area (Å²) in [5, 5.41) is 0. The first-order chi connectivity index (χ1) is 10.9. The lowest BCUT2D eigenvalue weighted by Crippen LogP contribution is -2.37. The van der Waals surface area contributed by atoms with E-state index in [0.717, 1.165) is 12.8 Å². The van der Waals surface area contributed by atoms with Gasteiger partial charge in [-0.1, -0.05) is 13.8 Å². The molecule has 0 aromatic heterocycles. The van der Waals surface area contributed by atoms with Crippen molar-refractivity contribution in [3.63, 3.8) is 0 Å². The number of ether oxygens (including phenoxy) is 4. The van der Waals surface area contributed by atoms with E-state index in [-0.39, 0.29) is 17.5 Å². The Labute approximate surface area is 137 Å². The van der Waals surface area contributed by atoms with Crippen molar-refractivity contribution in [3.05, 3.63) is 23.8 Å². The van der Waals surface area contributed by atoms with Crippen LogP contribution in [0.3, 0.4) is 0 Å². The predicted molar refractivity (Wildman–Crippen MR) is 87.2 cm³/mol. The number of ketones is 1. The van der Waals surface area contributed by atoms with Crippen molar-refractivity contribution >= 4 is 5.78 Å². The minimum Gasteiger partial charge on any atom is -0.493 e. The van der Waals surface area contributed by atoms with Crippen LogP contribution in [-0.4, -0.2) is 39.5 Å². The van der Waals surface area contributed by atoms with E-state index in [4.69, 9.17) is 18.9 Å². The van der Waals surface area contributed by atoms with Gasteiger partial charge in [0.1, 0.15) is 0 Å². The van der Waals surface area contributed by atoms with Gasteiger partial charge in [0.05, 0.1) is 27.4 Å². The first-order valence-electron chi connectivity index (χ1n) is 7.93. The molecule has 1 aromatic rings. The monoisotopic (exact) mass is 322 g/mol.